The maximum absolute atomic E-state index is 13.7. The first-order valence-electron chi connectivity index (χ1n) is 9.00. The molecule has 3 heterocycles. The third-order valence-electron chi connectivity index (χ3n) is 5.73. The number of likely N-dealkylation sites (N-methyl/N-ethyl adjacent to an activating group) is 1. The van der Waals surface area contributed by atoms with Gasteiger partial charge in [0.2, 0.25) is 5.91 Å². The van der Waals surface area contributed by atoms with Gasteiger partial charge in [-0.3, -0.25) is 14.5 Å². The molecule has 2 saturated heterocycles. The van der Waals surface area contributed by atoms with E-state index in [1.54, 1.807) is 17.0 Å². The van der Waals surface area contributed by atoms with E-state index in [0.717, 1.165) is 16.9 Å². The van der Waals surface area contributed by atoms with Gasteiger partial charge in [-0.25, -0.2) is 4.39 Å². The standard InChI is InChI=1S/C20H22FN3O2S/c1-14-6-9-27-18(14)19(26)23-8-7-20(12-23)13-24(17(25)11-22(20)2)16-5-3-4-15(21)10-16/h3-6,9-10H,7-8,11-13H2,1-2H3/t20-/m0/s1. The fourth-order valence-electron chi connectivity index (χ4n) is 4.04. The van der Waals surface area contributed by atoms with E-state index >= 15 is 0 Å². The average molecular weight is 387 g/mol. The van der Waals surface area contributed by atoms with Gasteiger partial charge in [-0.15, -0.1) is 11.3 Å². The van der Waals surface area contributed by atoms with Gasteiger partial charge in [0.25, 0.3) is 5.91 Å². The second-order valence-corrected chi connectivity index (χ2v) is 8.37. The van der Waals surface area contributed by atoms with E-state index < -0.39 is 0 Å². The zero-order valence-electron chi connectivity index (χ0n) is 15.4. The topological polar surface area (TPSA) is 43.9 Å². The Morgan fingerprint density at radius 3 is 2.78 bits per heavy atom. The lowest BCUT2D eigenvalue weighted by molar-refractivity contribution is -0.123. The Morgan fingerprint density at radius 1 is 1.26 bits per heavy atom. The van der Waals surface area contributed by atoms with Crippen LogP contribution in [0.15, 0.2) is 35.7 Å². The van der Waals surface area contributed by atoms with Crippen LogP contribution in [-0.2, 0) is 4.79 Å². The molecular weight excluding hydrogens is 365 g/mol. The maximum atomic E-state index is 13.7. The highest BCUT2D eigenvalue weighted by atomic mass is 32.1. The van der Waals surface area contributed by atoms with Gasteiger partial charge >= 0.3 is 0 Å². The van der Waals surface area contributed by atoms with Crippen molar-refractivity contribution in [2.75, 3.05) is 38.1 Å². The van der Waals surface area contributed by atoms with Gasteiger partial charge in [0.15, 0.2) is 0 Å². The number of anilines is 1. The smallest absolute Gasteiger partial charge is 0.264 e. The first kappa shape index (κ1) is 18.1. The Kier molecular flexibility index (Phi) is 4.52. The van der Waals surface area contributed by atoms with Gasteiger partial charge in [0.05, 0.1) is 17.0 Å². The van der Waals surface area contributed by atoms with Gasteiger partial charge in [-0.1, -0.05) is 6.07 Å². The Hall–Kier alpha value is -2.25. The van der Waals surface area contributed by atoms with E-state index in [4.69, 9.17) is 0 Å². The molecule has 142 valence electrons. The molecule has 0 N–H and O–H groups in total. The fourth-order valence-corrected chi connectivity index (χ4v) is 4.94. The number of amides is 2. The molecule has 2 fully saturated rings. The maximum Gasteiger partial charge on any atom is 0.264 e. The number of thiophene rings is 1. The van der Waals surface area contributed by atoms with Gasteiger partial charge < -0.3 is 9.80 Å². The van der Waals surface area contributed by atoms with Crippen molar-refractivity contribution in [3.63, 3.8) is 0 Å². The van der Waals surface area contributed by atoms with Crippen molar-refractivity contribution in [3.8, 4) is 0 Å². The van der Waals surface area contributed by atoms with Gasteiger partial charge in [0, 0.05) is 25.3 Å². The van der Waals surface area contributed by atoms with Gasteiger partial charge in [-0.05, 0) is 55.6 Å². The molecule has 7 heteroatoms. The number of carbonyl (C=O) groups is 2. The SMILES string of the molecule is Cc1ccsc1C(=O)N1CC[C@]2(C1)CN(c1cccc(F)c1)C(=O)CN2C. The lowest BCUT2D eigenvalue weighted by Crippen LogP contribution is -2.64. The van der Waals surface area contributed by atoms with E-state index in [0.29, 0.717) is 25.3 Å². The van der Waals surface area contributed by atoms with Crippen LogP contribution in [-0.4, -0.2) is 60.4 Å². The number of likely N-dealkylation sites (tertiary alicyclic amines) is 1. The number of halogens is 1. The summed E-state index contributed by atoms with van der Waals surface area (Å²) in [6, 6.07) is 8.10. The summed E-state index contributed by atoms with van der Waals surface area (Å²) < 4.78 is 13.7. The van der Waals surface area contributed by atoms with E-state index in [-0.39, 0.29) is 29.7 Å². The van der Waals surface area contributed by atoms with E-state index in [1.807, 2.05) is 30.3 Å². The monoisotopic (exact) mass is 387 g/mol. The third kappa shape index (κ3) is 3.15. The molecule has 0 unspecified atom stereocenters. The van der Waals surface area contributed by atoms with Crippen molar-refractivity contribution in [2.45, 2.75) is 18.9 Å². The third-order valence-corrected chi connectivity index (χ3v) is 6.74. The highest BCUT2D eigenvalue weighted by Gasteiger charge is 2.49. The molecule has 1 atom stereocenters. The molecular formula is C20H22FN3O2S. The molecule has 5 nitrogen and oxygen atoms in total. The Morgan fingerprint density at radius 2 is 2.07 bits per heavy atom. The molecule has 0 saturated carbocycles. The van der Waals surface area contributed by atoms with Crippen LogP contribution in [0.1, 0.15) is 21.7 Å². The molecule has 0 aliphatic carbocycles. The minimum atomic E-state index is -0.357. The molecule has 0 radical (unpaired) electrons. The normalized spacial score (nSPS) is 23.4. The zero-order valence-corrected chi connectivity index (χ0v) is 16.3. The average Bonchev–Trinajstić information content (AvgIpc) is 3.25. The Bertz CT molecular complexity index is 899. The van der Waals surface area contributed by atoms with Crippen LogP contribution >= 0.6 is 11.3 Å². The number of benzene rings is 1. The molecule has 2 aliphatic rings. The summed E-state index contributed by atoms with van der Waals surface area (Å²) in [7, 11) is 1.94. The quantitative estimate of drug-likeness (QED) is 0.796. The lowest BCUT2D eigenvalue weighted by atomic mass is 9.92. The van der Waals surface area contributed by atoms with Crippen LogP contribution in [0.25, 0.3) is 0 Å². The summed E-state index contributed by atoms with van der Waals surface area (Å²) in [5.41, 5.74) is 1.27. The van der Waals surface area contributed by atoms with E-state index in [9.17, 15) is 14.0 Å². The molecule has 0 bridgehead atoms. The number of hydrogen-bond donors (Lipinski definition) is 0. The number of carbonyl (C=O) groups excluding carboxylic acids is 2. The molecule has 2 amide bonds. The number of aryl methyl sites for hydroxylation is 1. The zero-order chi connectivity index (χ0) is 19.2. The van der Waals surface area contributed by atoms with E-state index in [1.165, 1.54) is 23.5 Å². The predicted octanol–water partition coefficient (Wildman–Crippen LogP) is 2.76. The summed E-state index contributed by atoms with van der Waals surface area (Å²) >= 11 is 1.47. The van der Waals surface area contributed by atoms with Crippen LogP contribution in [0, 0.1) is 12.7 Å². The van der Waals surface area contributed by atoms with Crippen LogP contribution in [0.3, 0.4) is 0 Å². The van der Waals surface area contributed by atoms with Crippen LogP contribution in [0.5, 0.6) is 0 Å². The van der Waals surface area contributed by atoms with Crippen molar-refractivity contribution in [2.24, 2.45) is 0 Å². The number of hydrogen-bond acceptors (Lipinski definition) is 4. The van der Waals surface area contributed by atoms with E-state index in [2.05, 4.69) is 4.90 Å². The highest BCUT2D eigenvalue weighted by Crippen LogP contribution is 2.34. The summed E-state index contributed by atoms with van der Waals surface area (Å²) in [4.78, 5) is 31.9. The minimum absolute atomic E-state index is 0.0485. The lowest BCUT2D eigenvalue weighted by Gasteiger charge is -2.46. The molecule has 2 aliphatic heterocycles. The number of nitrogens with zero attached hydrogens (tertiary/aromatic N) is 3. The molecule has 1 spiro atoms. The van der Waals surface area contributed by atoms with Crippen LogP contribution in [0.4, 0.5) is 10.1 Å². The number of piperazine rings is 1. The summed E-state index contributed by atoms with van der Waals surface area (Å²) in [6.07, 6.45) is 0.790. The molecule has 1 aromatic carbocycles. The number of rotatable bonds is 2. The van der Waals surface area contributed by atoms with Crippen molar-refractivity contribution < 1.29 is 14.0 Å². The largest absolute Gasteiger partial charge is 0.336 e. The van der Waals surface area contributed by atoms with Crippen LogP contribution < -0.4 is 4.90 Å². The summed E-state index contributed by atoms with van der Waals surface area (Å²) in [5.74, 6) is -0.348. The van der Waals surface area contributed by atoms with Gasteiger partial charge in [0.1, 0.15) is 5.82 Å². The highest BCUT2D eigenvalue weighted by molar-refractivity contribution is 7.12. The second-order valence-electron chi connectivity index (χ2n) is 7.45. The molecule has 4 rings (SSSR count). The van der Waals surface area contributed by atoms with Crippen molar-refractivity contribution in [1.29, 1.82) is 0 Å². The summed E-state index contributed by atoms with van der Waals surface area (Å²) in [6.45, 7) is 3.90. The first-order valence-corrected chi connectivity index (χ1v) is 9.88. The van der Waals surface area contributed by atoms with Gasteiger partial charge in [-0.2, -0.15) is 0 Å². The van der Waals surface area contributed by atoms with Crippen LogP contribution in [0.2, 0.25) is 0 Å². The first-order chi connectivity index (χ1) is 12.9. The molecule has 2 aromatic rings. The molecule has 1 aromatic heterocycles. The predicted molar refractivity (Wildman–Crippen MR) is 104 cm³/mol. The Labute approximate surface area is 162 Å². The van der Waals surface area contributed by atoms with Crippen molar-refractivity contribution in [3.05, 3.63) is 52.0 Å². The minimum Gasteiger partial charge on any atom is -0.336 e. The fraction of sp³-hybridized carbons (Fsp3) is 0.400. The van der Waals surface area contributed by atoms with Crippen molar-refractivity contribution >= 4 is 28.8 Å². The second kappa shape index (κ2) is 6.73. The Balaban J connectivity index is 1.58. The molecule has 27 heavy (non-hydrogen) atoms. The van der Waals surface area contributed by atoms with Crippen molar-refractivity contribution in [1.82, 2.24) is 9.80 Å². The summed E-state index contributed by atoms with van der Waals surface area (Å²) in [5, 5.41) is 1.94.